The van der Waals surface area contributed by atoms with Gasteiger partial charge in [0.2, 0.25) is 5.13 Å². The van der Waals surface area contributed by atoms with Crippen LogP contribution in [0.25, 0.3) is 0 Å². The van der Waals surface area contributed by atoms with Crippen LogP contribution in [0.5, 0.6) is 0 Å². The number of hydrogen-bond acceptors (Lipinski definition) is 6. The molecule has 1 aromatic heterocycles. The first-order valence-corrected chi connectivity index (χ1v) is 9.44. The topological polar surface area (TPSA) is 41.5 Å². The van der Waals surface area contributed by atoms with Crippen molar-refractivity contribution in [2.75, 3.05) is 50.8 Å². The number of hydrogen-bond donors (Lipinski definition) is 0. The molecule has 122 valence electrons. The number of likely N-dealkylation sites (tertiary alicyclic amines) is 1. The van der Waals surface area contributed by atoms with Gasteiger partial charge in [0.1, 0.15) is 5.82 Å². The third kappa shape index (κ3) is 2.65. The lowest BCUT2D eigenvalue weighted by atomic mass is 9.80. The number of anilines is 1. The van der Waals surface area contributed by atoms with Crippen molar-refractivity contribution in [1.29, 1.82) is 0 Å². The molecule has 4 rings (SSSR count). The molecular weight excluding hydrogens is 296 g/mol. The van der Waals surface area contributed by atoms with Gasteiger partial charge in [-0.2, -0.15) is 4.37 Å². The summed E-state index contributed by atoms with van der Waals surface area (Å²) in [6.07, 6.45) is 5.05. The molecule has 0 bridgehead atoms. The molecule has 1 aromatic rings. The van der Waals surface area contributed by atoms with Crippen LogP contribution in [0.4, 0.5) is 5.13 Å². The summed E-state index contributed by atoms with van der Waals surface area (Å²) in [5.74, 6) is 1.64. The van der Waals surface area contributed by atoms with Crippen LogP contribution in [-0.4, -0.2) is 60.2 Å². The minimum absolute atomic E-state index is 0.315. The van der Waals surface area contributed by atoms with Gasteiger partial charge in [-0.05, 0) is 25.9 Å². The monoisotopic (exact) mass is 322 g/mol. The van der Waals surface area contributed by atoms with Crippen molar-refractivity contribution in [1.82, 2.24) is 14.3 Å². The van der Waals surface area contributed by atoms with E-state index in [2.05, 4.69) is 21.1 Å². The Morgan fingerprint density at radius 1 is 1.32 bits per heavy atom. The van der Waals surface area contributed by atoms with Gasteiger partial charge >= 0.3 is 0 Å². The van der Waals surface area contributed by atoms with Gasteiger partial charge in [-0.25, -0.2) is 4.98 Å². The molecule has 0 unspecified atom stereocenters. The number of aryl methyl sites for hydroxylation is 1. The number of nitrogens with zero attached hydrogens (tertiary/aromatic N) is 4. The summed E-state index contributed by atoms with van der Waals surface area (Å²) < 4.78 is 10.3. The number of piperidine rings is 1. The molecule has 0 spiro atoms. The number of aromatic nitrogens is 2. The number of fused-ring (bicyclic) bond motifs is 1. The zero-order chi connectivity index (χ0) is 15.0. The van der Waals surface area contributed by atoms with Crippen LogP contribution in [0.15, 0.2) is 0 Å². The van der Waals surface area contributed by atoms with Crippen LogP contribution in [0, 0.1) is 11.3 Å². The summed E-state index contributed by atoms with van der Waals surface area (Å²) in [6.45, 7) is 9.89. The second-order valence-electron chi connectivity index (χ2n) is 7.14. The van der Waals surface area contributed by atoms with Gasteiger partial charge in [-0.15, -0.1) is 0 Å². The van der Waals surface area contributed by atoms with E-state index in [-0.39, 0.29) is 0 Å². The maximum absolute atomic E-state index is 5.88. The van der Waals surface area contributed by atoms with Gasteiger partial charge in [0.15, 0.2) is 0 Å². The van der Waals surface area contributed by atoms with Gasteiger partial charge in [-0.1, -0.05) is 13.3 Å². The van der Waals surface area contributed by atoms with Crippen molar-refractivity contribution in [3.63, 3.8) is 0 Å². The average Bonchev–Trinajstić information content (AvgIpc) is 3.21. The maximum atomic E-state index is 5.88. The molecule has 0 saturated carbocycles. The Bertz CT molecular complexity index is 516. The highest BCUT2D eigenvalue weighted by Crippen LogP contribution is 2.44. The van der Waals surface area contributed by atoms with Gasteiger partial charge in [0.25, 0.3) is 0 Å². The summed E-state index contributed by atoms with van der Waals surface area (Å²) in [7, 11) is 0. The highest BCUT2D eigenvalue weighted by atomic mass is 32.1. The van der Waals surface area contributed by atoms with E-state index in [1.807, 2.05) is 0 Å². The predicted octanol–water partition coefficient (Wildman–Crippen LogP) is 2.04. The lowest BCUT2D eigenvalue weighted by Crippen LogP contribution is -2.45. The molecule has 3 aliphatic rings. The molecule has 0 N–H and O–H groups in total. The van der Waals surface area contributed by atoms with Crippen LogP contribution in [0.2, 0.25) is 0 Å². The molecule has 5 nitrogen and oxygen atoms in total. The Balaban J connectivity index is 1.48. The Morgan fingerprint density at radius 2 is 2.18 bits per heavy atom. The minimum atomic E-state index is 0.315. The van der Waals surface area contributed by atoms with E-state index in [1.165, 1.54) is 38.9 Å². The quantitative estimate of drug-likeness (QED) is 0.848. The summed E-state index contributed by atoms with van der Waals surface area (Å²) in [6, 6.07) is 0. The third-order valence-electron chi connectivity index (χ3n) is 5.55. The fraction of sp³-hybridized carbons (Fsp3) is 0.875. The molecule has 0 radical (unpaired) electrons. The molecule has 0 amide bonds. The van der Waals surface area contributed by atoms with Crippen molar-refractivity contribution in [2.45, 2.75) is 32.6 Å². The van der Waals surface area contributed by atoms with Crippen LogP contribution < -0.4 is 4.90 Å². The van der Waals surface area contributed by atoms with Crippen molar-refractivity contribution >= 4 is 16.7 Å². The first kappa shape index (κ1) is 14.8. The van der Waals surface area contributed by atoms with E-state index in [4.69, 9.17) is 9.72 Å². The number of ether oxygens (including phenoxy) is 1. The molecule has 3 fully saturated rings. The molecule has 2 atom stereocenters. The summed E-state index contributed by atoms with van der Waals surface area (Å²) >= 11 is 1.57. The van der Waals surface area contributed by atoms with Crippen molar-refractivity contribution in [2.24, 2.45) is 11.3 Å². The summed E-state index contributed by atoms with van der Waals surface area (Å²) in [4.78, 5) is 9.83. The molecule has 0 aromatic carbocycles. The Hall–Kier alpha value is -0.720. The second kappa shape index (κ2) is 6.06. The smallest absolute Gasteiger partial charge is 0.205 e. The summed E-state index contributed by atoms with van der Waals surface area (Å²) in [5, 5.41) is 1.12. The standard InChI is InChI=1S/C16H26N4OS/c1-2-14-17-15(22-18-14)20-8-13-9-21-12-16(13,11-20)10-19-6-4-3-5-7-19/h13H,2-12H2,1H3/t13-,16+/m1/s1. The zero-order valence-corrected chi connectivity index (χ0v) is 14.3. The Labute approximate surface area is 136 Å². The largest absolute Gasteiger partial charge is 0.380 e. The number of rotatable bonds is 4. The van der Waals surface area contributed by atoms with E-state index >= 15 is 0 Å². The first-order valence-electron chi connectivity index (χ1n) is 8.67. The van der Waals surface area contributed by atoms with Crippen LogP contribution in [0.1, 0.15) is 32.0 Å². The van der Waals surface area contributed by atoms with Crippen molar-refractivity contribution in [3.8, 4) is 0 Å². The van der Waals surface area contributed by atoms with E-state index in [0.717, 1.165) is 43.7 Å². The average molecular weight is 322 g/mol. The zero-order valence-electron chi connectivity index (χ0n) is 13.5. The lowest BCUT2D eigenvalue weighted by molar-refractivity contribution is 0.104. The fourth-order valence-electron chi connectivity index (χ4n) is 4.28. The summed E-state index contributed by atoms with van der Waals surface area (Å²) in [5.41, 5.74) is 0.315. The normalized spacial score (nSPS) is 32.6. The molecule has 22 heavy (non-hydrogen) atoms. The van der Waals surface area contributed by atoms with E-state index in [1.54, 1.807) is 11.5 Å². The van der Waals surface area contributed by atoms with Crippen LogP contribution in [-0.2, 0) is 11.2 Å². The molecule has 4 heterocycles. The van der Waals surface area contributed by atoms with E-state index < -0.39 is 0 Å². The maximum Gasteiger partial charge on any atom is 0.205 e. The highest BCUT2D eigenvalue weighted by molar-refractivity contribution is 7.09. The van der Waals surface area contributed by atoms with Gasteiger partial charge in [0, 0.05) is 48.9 Å². The van der Waals surface area contributed by atoms with Gasteiger partial charge < -0.3 is 14.5 Å². The Morgan fingerprint density at radius 3 is 2.95 bits per heavy atom. The predicted molar refractivity (Wildman–Crippen MR) is 88.5 cm³/mol. The van der Waals surface area contributed by atoms with Crippen LogP contribution in [0.3, 0.4) is 0 Å². The molecule has 3 saturated heterocycles. The third-order valence-corrected chi connectivity index (χ3v) is 6.37. The lowest BCUT2D eigenvalue weighted by Gasteiger charge is -2.36. The Kier molecular flexibility index (Phi) is 4.09. The highest BCUT2D eigenvalue weighted by Gasteiger charge is 2.52. The van der Waals surface area contributed by atoms with Crippen molar-refractivity contribution < 1.29 is 4.74 Å². The molecular formula is C16H26N4OS. The van der Waals surface area contributed by atoms with Gasteiger partial charge in [-0.3, -0.25) is 0 Å². The second-order valence-corrected chi connectivity index (χ2v) is 7.87. The van der Waals surface area contributed by atoms with Crippen LogP contribution >= 0.6 is 11.5 Å². The SMILES string of the molecule is CCc1nsc(N2C[C@@H]3COC[C@]3(CN3CCCCC3)C2)n1. The minimum Gasteiger partial charge on any atom is -0.380 e. The molecule has 0 aliphatic carbocycles. The van der Waals surface area contributed by atoms with E-state index in [9.17, 15) is 0 Å². The van der Waals surface area contributed by atoms with Gasteiger partial charge in [0.05, 0.1) is 13.2 Å². The molecule has 3 aliphatic heterocycles. The fourth-order valence-corrected chi connectivity index (χ4v) is 5.04. The molecule has 6 heteroatoms. The first-order chi connectivity index (χ1) is 10.8. The van der Waals surface area contributed by atoms with Crippen molar-refractivity contribution in [3.05, 3.63) is 5.82 Å². The van der Waals surface area contributed by atoms with E-state index in [0.29, 0.717) is 11.3 Å².